The molecule has 5 nitrogen and oxygen atoms in total. The molecule has 7 heteroatoms. The molecule has 0 bridgehead atoms. The molecule has 0 radical (unpaired) electrons. The summed E-state index contributed by atoms with van der Waals surface area (Å²) >= 11 is 9.46. The first-order chi connectivity index (χ1) is 13.4. The molecule has 0 saturated carbocycles. The van der Waals surface area contributed by atoms with Crippen LogP contribution < -0.4 is 10.7 Å². The van der Waals surface area contributed by atoms with E-state index in [1.807, 2.05) is 31.2 Å². The fourth-order valence-corrected chi connectivity index (χ4v) is 3.73. The number of carbonyl (C=O) groups excluding carboxylic acids is 1. The Kier molecular flexibility index (Phi) is 4.91. The van der Waals surface area contributed by atoms with Crippen LogP contribution in [-0.4, -0.2) is 15.5 Å². The van der Waals surface area contributed by atoms with E-state index in [1.54, 1.807) is 29.0 Å². The van der Waals surface area contributed by atoms with E-state index in [2.05, 4.69) is 26.2 Å². The van der Waals surface area contributed by atoms with Gasteiger partial charge in [-0.2, -0.15) is 0 Å². The Bertz CT molecular complexity index is 1300. The minimum atomic E-state index is -0.202. The van der Waals surface area contributed by atoms with Crippen LogP contribution in [0.4, 0.5) is 5.69 Å². The van der Waals surface area contributed by atoms with Gasteiger partial charge in [-0.1, -0.05) is 27.5 Å². The van der Waals surface area contributed by atoms with Gasteiger partial charge in [-0.25, -0.2) is 0 Å². The lowest BCUT2D eigenvalue weighted by atomic mass is 10.1. The molecule has 140 valence electrons. The highest BCUT2D eigenvalue weighted by molar-refractivity contribution is 9.10. The number of benzene rings is 2. The maximum Gasteiger partial charge on any atom is 0.244 e. The summed E-state index contributed by atoms with van der Waals surface area (Å²) < 4.78 is 2.64. The van der Waals surface area contributed by atoms with Gasteiger partial charge in [0.1, 0.15) is 6.54 Å². The van der Waals surface area contributed by atoms with E-state index in [4.69, 9.17) is 11.6 Å². The third kappa shape index (κ3) is 3.66. The van der Waals surface area contributed by atoms with Crippen LogP contribution in [-0.2, 0) is 11.3 Å². The zero-order valence-corrected chi connectivity index (χ0v) is 17.2. The van der Waals surface area contributed by atoms with Crippen LogP contribution in [0, 0.1) is 6.92 Å². The number of rotatable bonds is 3. The van der Waals surface area contributed by atoms with Crippen LogP contribution in [0.3, 0.4) is 0 Å². The molecule has 4 aromatic rings. The molecular formula is C21H15BrClN3O2. The van der Waals surface area contributed by atoms with E-state index in [-0.39, 0.29) is 17.9 Å². The second kappa shape index (κ2) is 7.37. The Morgan fingerprint density at radius 1 is 1.14 bits per heavy atom. The number of aromatic nitrogens is 2. The fourth-order valence-electron chi connectivity index (χ4n) is 3.20. The first-order valence-corrected chi connectivity index (χ1v) is 9.73. The summed E-state index contributed by atoms with van der Waals surface area (Å²) in [5.41, 5.74) is 2.85. The zero-order valence-electron chi connectivity index (χ0n) is 14.9. The number of hydrogen-bond donors (Lipinski definition) is 1. The SMILES string of the molecule is Cc1cc(NC(=O)Cn2ccc(=O)c3cc(Cl)ccc32)c2cc(Br)ccc2n1. The van der Waals surface area contributed by atoms with Crippen LogP contribution in [0.15, 0.2) is 64.0 Å². The molecule has 2 heterocycles. The summed E-state index contributed by atoms with van der Waals surface area (Å²) in [4.78, 5) is 29.3. The van der Waals surface area contributed by atoms with Crippen LogP contribution in [0.1, 0.15) is 5.69 Å². The van der Waals surface area contributed by atoms with Crippen molar-refractivity contribution in [2.75, 3.05) is 5.32 Å². The molecule has 2 aromatic heterocycles. The molecule has 4 rings (SSSR count). The smallest absolute Gasteiger partial charge is 0.244 e. The normalized spacial score (nSPS) is 11.1. The predicted molar refractivity (Wildman–Crippen MR) is 116 cm³/mol. The van der Waals surface area contributed by atoms with E-state index in [9.17, 15) is 9.59 Å². The average Bonchev–Trinajstić information content (AvgIpc) is 2.65. The standard InChI is InChI=1S/C21H15BrClN3O2/c1-12-8-18(15-9-13(22)2-4-17(15)24-12)25-21(28)11-26-7-6-20(27)16-10-14(23)3-5-19(16)26/h2-10H,11H2,1H3,(H,24,25,28). The highest BCUT2D eigenvalue weighted by atomic mass is 79.9. The van der Waals surface area contributed by atoms with Gasteiger partial charge in [-0.3, -0.25) is 14.6 Å². The molecule has 0 fully saturated rings. The Hall–Kier alpha value is -2.70. The van der Waals surface area contributed by atoms with Gasteiger partial charge in [0, 0.05) is 38.2 Å². The number of nitrogens with one attached hydrogen (secondary N) is 1. The number of amides is 1. The van der Waals surface area contributed by atoms with Gasteiger partial charge in [-0.05, 0) is 49.4 Å². The number of carbonyl (C=O) groups is 1. The van der Waals surface area contributed by atoms with Crippen molar-refractivity contribution < 1.29 is 4.79 Å². The van der Waals surface area contributed by atoms with Gasteiger partial charge in [0.15, 0.2) is 5.43 Å². The van der Waals surface area contributed by atoms with Crippen LogP contribution in [0.2, 0.25) is 5.02 Å². The first kappa shape index (κ1) is 18.7. The largest absolute Gasteiger partial charge is 0.338 e. The second-order valence-corrected chi connectivity index (χ2v) is 7.84. The van der Waals surface area contributed by atoms with E-state index in [0.717, 1.165) is 21.1 Å². The molecule has 2 aromatic carbocycles. The molecule has 0 aliphatic carbocycles. The summed E-state index contributed by atoms with van der Waals surface area (Å²) in [6.07, 6.45) is 1.62. The van der Waals surface area contributed by atoms with Gasteiger partial charge in [0.05, 0.1) is 16.7 Å². The minimum absolute atomic E-state index is 0.0648. The molecule has 0 aliphatic heterocycles. The van der Waals surface area contributed by atoms with Crippen molar-refractivity contribution in [3.8, 4) is 0 Å². The van der Waals surface area contributed by atoms with Crippen LogP contribution in [0.25, 0.3) is 21.8 Å². The summed E-state index contributed by atoms with van der Waals surface area (Å²) in [5.74, 6) is -0.202. The van der Waals surface area contributed by atoms with E-state index < -0.39 is 0 Å². The quantitative estimate of drug-likeness (QED) is 0.476. The van der Waals surface area contributed by atoms with Crippen molar-refractivity contribution in [3.63, 3.8) is 0 Å². The maximum absolute atomic E-state index is 12.7. The first-order valence-electron chi connectivity index (χ1n) is 8.56. The molecule has 1 amide bonds. The van der Waals surface area contributed by atoms with E-state index in [0.29, 0.717) is 21.6 Å². The van der Waals surface area contributed by atoms with E-state index >= 15 is 0 Å². The number of hydrogen-bond acceptors (Lipinski definition) is 3. The highest BCUT2D eigenvalue weighted by Crippen LogP contribution is 2.26. The Morgan fingerprint density at radius 3 is 2.79 bits per heavy atom. The summed E-state index contributed by atoms with van der Waals surface area (Å²) in [6, 6.07) is 14.1. The Balaban J connectivity index is 1.69. The van der Waals surface area contributed by atoms with Crippen molar-refractivity contribution in [1.29, 1.82) is 0 Å². The van der Waals surface area contributed by atoms with Crippen LogP contribution >= 0.6 is 27.5 Å². The molecule has 0 unspecified atom stereocenters. The maximum atomic E-state index is 12.7. The van der Waals surface area contributed by atoms with Crippen molar-refractivity contribution in [1.82, 2.24) is 9.55 Å². The number of halogens is 2. The fraction of sp³-hybridized carbons (Fsp3) is 0.0952. The minimum Gasteiger partial charge on any atom is -0.338 e. The summed E-state index contributed by atoms with van der Waals surface area (Å²) in [6.45, 7) is 1.95. The lowest BCUT2D eigenvalue weighted by Crippen LogP contribution is -2.20. The van der Waals surface area contributed by atoms with Crippen molar-refractivity contribution in [2.24, 2.45) is 0 Å². The molecule has 0 atom stereocenters. The zero-order chi connectivity index (χ0) is 19.8. The van der Waals surface area contributed by atoms with Gasteiger partial charge in [0.25, 0.3) is 0 Å². The van der Waals surface area contributed by atoms with Gasteiger partial charge >= 0.3 is 0 Å². The number of anilines is 1. The van der Waals surface area contributed by atoms with Gasteiger partial charge in [-0.15, -0.1) is 0 Å². The lowest BCUT2D eigenvalue weighted by Gasteiger charge is -2.13. The third-order valence-corrected chi connectivity index (χ3v) is 5.15. The topological polar surface area (TPSA) is 64.0 Å². The van der Waals surface area contributed by atoms with Crippen molar-refractivity contribution >= 4 is 60.9 Å². The van der Waals surface area contributed by atoms with Crippen molar-refractivity contribution in [2.45, 2.75) is 13.5 Å². The molecule has 0 saturated heterocycles. The Morgan fingerprint density at radius 2 is 1.96 bits per heavy atom. The number of fused-ring (bicyclic) bond motifs is 2. The highest BCUT2D eigenvalue weighted by Gasteiger charge is 2.11. The molecular weight excluding hydrogens is 442 g/mol. The summed E-state index contributed by atoms with van der Waals surface area (Å²) in [7, 11) is 0. The number of pyridine rings is 2. The molecule has 1 N–H and O–H groups in total. The number of aryl methyl sites for hydroxylation is 1. The molecule has 0 aliphatic rings. The second-order valence-electron chi connectivity index (χ2n) is 6.49. The summed E-state index contributed by atoms with van der Waals surface area (Å²) in [5, 5.41) is 4.78. The predicted octanol–water partition coefficient (Wildman–Crippen LogP) is 4.91. The van der Waals surface area contributed by atoms with Gasteiger partial charge in [0.2, 0.25) is 5.91 Å². The van der Waals surface area contributed by atoms with Gasteiger partial charge < -0.3 is 9.88 Å². The Labute approximate surface area is 174 Å². The molecule has 28 heavy (non-hydrogen) atoms. The van der Waals surface area contributed by atoms with Crippen LogP contribution in [0.5, 0.6) is 0 Å². The average molecular weight is 457 g/mol. The monoisotopic (exact) mass is 455 g/mol. The molecule has 0 spiro atoms. The third-order valence-electron chi connectivity index (χ3n) is 4.43. The van der Waals surface area contributed by atoms with E-state index in [1.165, 1.54) is 6.07 Å². The number of nitrogens with zero attached hydrogens (tertiary/aromatic N) is 2. The lowest BCUT2D eigenvalue weighted by molar-refractivity contribution is -0.116. The van der Waals surface area contributed by atoms with Crippen molar-refractivity contribution in [3.05, 3.63) is 80.1 Å².